The van der Waals surface area contributed by atoms with Crippen LogP contribution in [0, 0.1) is 0 Å². The van der Waals surface area contributed by atoms with Crippen molar-refractivity contribution in [2.45, 2.75) is 0 Å². The number of hydrogen-bond donors (Lipinski definition) is 0. The highest BCUT2D eigenvalue weighted by Gasteiger charge is 2.17. The third-order valence-electron chi connectivity index (χ3n) is 9.26. The monoisotopic (exact) mass is 613 g/mol. The maximum Gasteiger partial charge on any atom is 0.143 e. The number of furan rings is 1. The normalized spacial score (nSPS) is 11.3. The fourth-order valence-electron chi connectivity index (χ4n) is 6.91. The van der Waals surface area contributed by atoms with Gasteiger partial charge >= 0.3 is 0 Å². The molecule has 8 aromatic carbocycles. The Morgan fingerprint density at radius 2 is 0.958 bits per heavy atom. The van der Waals surface area contributed by atoms with Gasteiger partial charge in [-0.05, 0) is 75.7 Å². The van der Waals surface area contributed by atoms with Gasteiger partial charge in [-0.15, -0.1) is 0 Å². The molecule has 0 aliphatic rings. The van der Waals surface area contributed by atoms with Gasteiger partial charge in [0.15, 0.2) is 0 Å². The Morgan fingerprint density at radius 3 is 1.79 bits per heavy atom. The molecular weight excluding hydrogens is 583 g/mol. The lowest BCUT2D eigenvalue weighted by Crippen LogP contribution is -2.10. The van der Waals surface area contributed by atoms with Crippen LogP contribution in [0.25, 0.3) is 66.1 Å². The molecule has 0 bridgehead atoms. The molecule has 0 aliphatic carbocycles. The molecule has 0 fully saturated rings. The smallest absolute Gasteiger partial charge is 0.143 e. The van der Waals surface area contributed by atoms with Crippen LogP contribution < -0.4 is 4.90 Å². The van der Waals surface area contributed by atoms with E-state index in [9.17, 15) is 0 Å². The van der Waals surface area contributed by atoms with Gasteiger partial charge in [0.1, 0.15) is 11.2 Å². The fraction of sp³-hybridized carbons (Fsp3) is 0. The molecule has 48 heavy (non-hydrogen) atoms. The topological polar surface area (TPSA) is 16.4 Å². The van der Waals surface area contributed by atoms with Gasteiger partial charge in [0, 0.05) is 33.1 Å². The van der Waals surface area contributed by atoms with Crippen molar-refractivity contribution in [3.8, 4) is 33.4 Å². The summed E-state index contributed by atoms with van der Waals surface area (Å²) in [4.78, 5) is 2.37. The molecule has 226 valence electrons. The quantitative estimate of drug-likeness (QED) is 0.185. The number of rotatable bonds is 6. The van der Waals surface area contributed by atoms with Crippen molar-refractivity contribution in [1.82, 2.24) is 0 Å². The van der Waals surface area contributed by atoms with E-state index in [1.807, 2.05) is 6.07 Å². The van der Waals surface area contributed by atoms with Crippen LogP contribution in [0.4, 0.5) is 17.1 Å². The summed E-state index contributed by atoms with van der Waals surface area (Å²) in [6.07, 6.45) is 0. The van der Waals surface area contributed by atoms with Crippen LogP contribution in [0.5, 0.6) is 0 Å². The van der Waals surface area contributed by atoms with E-state index in [0.29, 0.717) is 0 Å². The second-order valence-electron chi connectivity index (χ2n) is 12.2. The first-order valence-electron chi connectivity index (χ1n) is 16.3. The van der Waals surface area contributed by atoms with E-state index >= 15 is 0 Å². The predicted octanol–water partition coefficient (Wildman–Crippen LogP) is 13.2. The lowest BCUT2D eigenvalue weighted by molar-refractivity contribution is 0.670. The van der Waals surface area contributed by atoms with E-state index in [4.69, 9.17) is 4.42 Å². The molecule has 0 spiro atoms. The van der Waals surface area contributed by atoms with Crippen LogP contribution in [0.15, 0.2) is 192 Å². The molecule has 1 aromatic heterocycles. The minimum absolute atomic E-state index is 0.897. The maximum atomic E-state index is 6.45. The van der Waals surface area contributed by atoms with Crippen molar-refractivity contribution in [1.29, 1.82) is 0 Å². The van der Waals surface area contributed by atoms with Gasteiger partial charge in [-0.1, -0.05) is 146 Å². The van der Waals surface area contributed by atoms with Crippen LogP contribution >= 0.6 is 0 Å². The molecule has 0 radical (unpaired) electrons. The van der Waals surface area contributed by atoms with Gasteiger partial charge in [-0.25, -0.2) is 0 Å². The van der Waals surface area contributed by atoms with Crippen molar-refractivity contribution in [3.63, 3.8) is 0 Å². The average Bonchev–Trinajstić information content (AvgIpc) is 3.54. The molecule has 9 aromatic rings. The Hall–Kier alpha value is -6.38. The number of nitrogens with zero attached hydrogens (tertiary/aromatic N) is 1. The lowest BCUT2D eigenvalue weighted by Gasteiger charge is -2.27. The molecular formula is C46H31NO. The number of fused-ring (bicyclic) bond motifs is 4. The Balaban J connectivity index is 1.14. The van der Waals surface area contributed by atoms with Crippen molar-refractivity contribution >= 4 is 49.8 Å². The number of benzene rings is 8. The molecule has 1 heterocycles. The number of para-hydroxylation sites is 1. The first-order valence-corrected chi connectivity index (χ1v) is 16.3. The third kappa shape index (κ3) is 4.92. The largest absolute Gasteiger partial charge is 0.455 e. The SMILES string of the molecule is c1ccc(-c2cccc(N(c3ccc(-c4ccc5oc6c(-c7ccccc7)cccc6c5c4)cc3)c3cccc4ccccc34)c2)cc1. The summed E-state index contributed by atoms with van der Waals surface area (Å²) in [7, 11) is 0. The van der Waals surface area contributed by atoms with E-state index in [1.54, 1.807) is 0 Å². The number of anilines is 3. The van der Waals surface area contributed by atoms with Crippen LogP contribution in [-0.2, 0) is 0 Å². The van der Waals surface area contributed by atoms with E-state index in [2.05, 4.69) is 187 Å². The Labute approximate surface area is 279 Å². The van der Waals surface area contributed by atoms with E-state index in [0.717, 1.165) is 61.3 Å². The van der Waals surface area contributed by atoms with Gasteiger partial charge in [-0.3, -0.25) is 0 Å². The standard InChI is InChI=1S/C46H31NO/c1-3-12-32(13-4-1)36-18-9-19-39(30-36)47(44-23-10-17-34-16-7-8-20-40(34)44)38-27-24-33(25-28-38)37-26-29-45-43(31-37)42-22-11-21-41(46(42)48-45)35-14-5-2-6-15-35/h1-31H. The van der Waals surface area contributed by atoms with Gasteiger partial charge in [0.2, 0.25) is 0 Å². The minimum atomic E-state index is 0.897. The van der Waals surface area contributed by atoms with Crippen molar-refractivity contribution < 1.29 is 4.42 Å². The highest BCUT2D eigenvalue weighted by atomic mass is 16.3. The zero-order valence-corrected chi connectivity index (χ0v) is 26.3. The molecule has 0 amide bonds. The Morgan fingerprint density at radius 1 is 0.354 bits per heavy atom. The zero-order valence-electron chi connectivity index (χ0n) is 26.3. The summed E-state index contributed by atoms with van der Waals surface area (Å²) in [5, 5.41) is 4.68. The molecule has 0 atom stereocenters. The summed E-state index contributed by atoms with van der Waals surface area (Å²) in [5.74, 6) is 0. The van der Waals surface area contributed by atoms with Gasteiger partial charge in [-0.2, -0.15) is 0 Å². The van der Waals surface area contributed by atoms with Crippen molar-refractivity contribution in [3.05, 3.63) is 188 Å². The Bertz CT molecular complexity index is 2540. The van der Waals surface area contributed by atoms with Crippen LogP contribution in [0.2, 0.25) is 0 Å². The molecule has 0 N–H and O–H groups in total. The van der Waals surface area contributed by atoms with Gasteiger partial charge in [0.05, 0.1) is 5.69 Å². The van der Waals surface area contributed by atoms with Crippen molar-refractivity contribution in [2.75, 3.05) is 4.90 Å². The predicted molar refractivity (Wildman–Crippen MR) is 202 cm³/mol. The second-order valence-corrected chi connectivity index (χ2v) is 12.2. The molecule has 9 rings (SSSR count). The van der Waals surface area contributed by atoms with E-state index < -0.39 is 0 Å². The van der Waals surface area contributed by atoms with Crippen LogP contribution in [0.1, 0.15) is 0 Å². The first-order chi connectivity index (χ1) is 23.8. The molecule has 2 nitrogen and oxygen atoms in total. The van der Waals surface area contributed by atoms with Crippen molar-refractivity contribution in [2.24, 2.45) is 0 Å². The highest BCUT2D eigenvalue weighted by molar-refractivity contribution is 6.10. The van der Waals surface area contributed by atoms with E-state index in [1.165, 1.54) is 21.9 Å². The molecule has 0 unspecified atom stereocenters. The second kappa shape index (κ2) is 11.8. The zero-order chi connectivity index (χ0) is 31.9. The van der Waals surface area contributed by atoms with E-state index in [-0.39, 0.29) is 0 Å². The van der Waals surface area contributed by atoms with Crippen LogP contribution in [0.3, 0.4) is 0 Å². The first kappa shape index (κ1) is 27.9. The fourth-order valence-corrected chi connectivity index (χ4v) is 6.91. The Kier molecular flexibility index (Phi) is 6.84. The molecule has 0 saturated heterocycles. The summed E-state index contributed by atoms with van der Waals surface area (Å²) >= 11 is 0. The third-order valence-corrected chi connectivity index (χ3v) is 9.26. The highest BCUT2D eigenvalue weighted by Crippen LogP contribution is 2.42. The minimum Gasteiger partial charge on any atom is -0.455 e. The summed E-state index contributed by atoms with van der Waals surface area (Å²) in [5.41, 5.74) is 12.1. The molecule has 2 heteroatoms. The summed E-state index contributed by atoms with van der Waals surface area (Å²) < 4.78 is 6.45. The summed E-state index contributed by atoms with van der Waals surface area (Å²) in [6, 6.07) is 66.9. The summed E-state index contributed by atoms with van der Waals surface area (Å²) in [6.45, 7) is 0. The molecule has 0 saturated carbocycles. The maximum absolute atomic E-state index is 6.45. The average molecular weight is 614 g/mol. The lowest BCUT2D eigenvalue weighted by atomic mass is 9.99. The van der Waals surface area contributed by atoms with Gasteiger partial charge < -0.3 is 9.32 Å². The molecule has 0 aliphatic heterocycles. The van der Waals surface area contributed by atoms with Gasteiger partial charge in [0.25, 0.3) is 0 Å². The number of hydrogen-bond acceptors (Lipinski definition) is 2. The van der Waals surface area contributed by atoms with Crippen LogP contribution in [-0.4, -0.2) is 0 Å².